The van der Waals surface area contributed by atoms with Gasteiger partial charge in [0.1, 0.15) is 6.61 Å². The number of anilines is 1. The van der Waals surface area contributed by atoms with Crippen LogP contribution in [0.15, 0.2) is 24.3 Å². The second-order valence-corrected chi connectivity index (χ2v) is 4.56. The Hall–Kier alpha value is -1.20. The van der Waals surface area contributed by atoms with Gasteiger partial charge in [-0.1, -0.05) is 12.1 Å². The van der Waals surface area contributed by atoms with Crippen LogP contribution in [0.2, 0.25) is 0 Å². The van der Waals surface area contributed by atoms with E-state index in [0.29, 0.717) is 6.61 Å². The van der Waals surface area contributed by atoms with Gasteiger partial charge in [-0.15, -0.1) is 12.6 Å². The van der Waals surface area contributed by atoms with E-state index in [0.717, 1.165) is 25.2 Å². The molecular weight excluding hydrogens is 236 g/mol. The van der Waals surface area contributed by atoms with Crippen molar-refractivity contribution in [2.24, 2.45) is 0 Å². The number of nitrogens with zero attached hydrogens (tertiary/aromatic N) is 1. The summed E-state index contributed by atoms with van der Waals surface area (Å²) in [6.45, 7) is 2.00. The second-order valence-electron chi connectivity index (χ2n) is 4.07. The molecule has 0 amide bonds. The Bertz CT molecular complexity index is 394. The van der Waals surface area contributed by atoms with Crippen molar-refractivity contribution in [3.63, 3.8) is 0 Å². The molecule has 0 spiro atoms. The maximum absolute atomic E-state index is 11.3. The zero-order valence-electron chi connectivity index (χ0n) is 9.50. The summed E-state index contributed by atoms with van der Waals surface area (Å²) < 4.78 is 4.91. The van der Waals surface area contributed by atoms with Crippen LogP contribution in [0.5, 0.6) is 0 Å². The van der Waals surface area contributed by atoms with Gasteiger partial charge in [0.2, 0.25) is 0 Å². The summed E-state index contributed by atoms with van der Waals surface area (Å²) in [5, 5.41) is -0.433. The van der Waals surface area contributed by atoms with Crippen LogP contribution in [-0.4, -0.2) is 35.9 Å². The molecule has 4 nitrogen and oxygen atoms in total. The van der Waals surface area contributed by atoms with E-state index in [2.05, 4.69) is 12.6 Å². The van der Waals surface area contributed by atoms with Crippen molar-refractivity contribution in [3.05, 3.63) is 29.8 Å². The van der Waals surface area contributed by atoms with Crippen molar-refractivity contribution in [2.45, 2.75) is 11.8 Å². The van der Waals surface area contributed by atoms with Crippen LogP contribution < -0.4 is 5.73 Å². The first-order valence-corrected chi connectivity index (χ1v) is 6.11. The molecule has 1 aliphatic rings. The molecule has 2 rings (SSSR count). The first-order chi connectivity index (χ1) is 8.16. The predicted molar refractivity (Wildman–Crippen MR) is 69.9 cm³/mol. The number of hydrogen-bond acceptors (Lipinski definition) is 5. The standard InChI is InChI=1S/C12H16N2O2S/c13-10-3-1-9(2-4-10)5-6-14-7-8-16-12(15)11(14)17/h1-4,11,17H,5-8,13H2. The maximum Gasteiger partial charge on any atom is 0.333 e. The van der Waals surface area contributed by atoms with Crippen molar-refractivity contribution in [1.29, 1.82) is 0 Å². The fraction of sp³-hybridized carbons (Fsp3) is 0.417. The predicted octanol–water partition coefficient (Wildman–Crippen LogP) is 0.926. The van der Waals surface area contributed by atoms with E-state index in [1.807, 2.05) is 29.2 Å². The molecule has 2 N–H and O–H groups in total. The Kier molecular flexibility index (Phi) is 3.91. The molecular formula is C12H16N2O2S. The van der Waals surface area contributed by atoms with E-state index in [1.54, 1.807) is 0 Å². The minimum atomic E-state index is -0.433. The van der Waals surface area contributed by atoms with Crippen LogP contribution in [0.25, 0.3) is 0 Å². The first kappa shape index (κ1) is 12.3. The van der Waals surface area contributed by atoms with Crippen molar-refractivity contribution >= 4 is 24.3 Å². The highest BCUT2D eigenvalue weighted by Gasteiger charge is 2.27. The van der Waals surface area contributed by atoms with E-state index in [9.17, 15) is 4.79 Å². The molecule has 0 aliphatic carbocycles. The van der Waals surface area contributed by atoms with Gasteiger partial charge in [-0.05, 0) is 24.1 Å². The van der Waals surface area contributed by atoms with Crippen molar-refractivity contribution < 1.29 is 9.53 Å². The fourth-order valence-corrected chi connectivity index (χ4v) is 2.11. The van der Waals surface area contributed by atoms with Gasteiger partial charge in [-0.25, -0.2) is 4.79 Å². The number of cyclic esters (lactones) is 1. The molecule has 1 heterocycles. The lowest BCUT2D eigenvalue weighted by molar-refractivity contribution is -0.152. The first-order valence-electron chi connectivity index (χ1n) is 5.60. The summed E-state index contributed by atoms with van der Waals surface area (Å²) in [6, 6.07) is 7.78. The molecule has 92 valence electrons. The van der Waals surface area contributed by atoms with Gasteiger partial charge >= 0.3 is 5.97 Å². The summed E-state index contributed by atoms with van der Waals surface area (Å²) in [5.74, 6) is -0.253. The summed E-state index contributed by atoms with van der Waals surface area (Å²) >= 11 is 4.25. The van der Waals surface area contributed by atoms with E-state index in [4.69, 9.17) is 10.5 Å². The van der Waals surface area contributed by atoms with Gasteiger partial charge in [0, 0.05) is 18.8 Å². The van der Waals surface area contributed by atoms with Gasteiger partial charge in [0.15, 0.2) is 5.37 Å². The molecule has 1 unspecified atom stereocenters. The molecule has 1 atom stereocenters. The molecule has 0 radical (unpaired) electrons. The van der Waals surface area contributed by atoms with Gasteiger partial charge in [0.05, 0.1) is 0 Å². The topological polar surface area (TPSA) is 55.6 Å². The third-order valence-corrected chi connectivity index (χ3v) is 3.38. The molecule has 0 bridgehead atoms. The number of ether oxygens (including phenoxy) is 1. The molecule has 0 aromatic heterocycles. The lowest BCUT2D eigenvalue weighted by atomic mass is 10.1. The van der Waals surface area contributed by atoms with E-state index >= 15 is 0 Å². The summed E-state index contributed by atoms with van der Waals surface area (Å²) in [6.07, 6.45) is 0.880. The molecule has 5 heteroatoms. The fourth-order valence-electron chi connectivity index (χ4n) is 1.80. The third kappa shape index (κ3) is 3.14. The number of esters is 1. The molecule has 17 heavy (non-hydrogen) atoms. The number of morpholine rings is 1. The minimum absolute atomic E-state index is 0.253. The van der Waals surface area contributed by atoms with Crippen LogP contribution in [0.3, 0.4) is 0 Å². The minimum Gasteiger partial charge on any atom is -0.463 e. The molecule has 1 aromatic rings. The Morgan fingerprint density at radius 2 is 2.12 bits per heavy atom. The third-order valence-electron chi connectivity index (χ3n) is 2.85. The molecule has 0 saturated carbocycles. The smallest absolute Gasteiger partial charge is 0.333 e. The average molecular weight is 252 g/mol. The van der Waals surface area contributed by atoms with Gasteiger partial charge < -0.3 is 10.5 Å². The van der Waals surface area contributed by atoms with Crippen LogP contribution in [-0.2, 0) is 16.0 Å². The lowest BCUT2D eigenvalue weighted by Crippen LogP contribution is -2.46. The highest BCUT2D eigenvalue weighted by Crippen LogP contribution is 2.13. The number of hydrogen-bond donors (Lipinski definition) is 2. The lowest BCUT2D eigenvalue weighted by Gasteiger charge is -2.30. The SMILES string of the molecule is Nc1ccc(CCN2CCOC(=O)C2S)cc1. The summed E-state index contributed by atoms with van der Waals surface area (Å²) in [5.41, 5.74) is 7.60. The zero-order valence-corrected chi connectivity index (χ0v) is 10.4. The van der Waals surface area contributed by atoms with Crippen LogP contribution in [0.4, 0.5) is 5.69 Å². The van der Waals surface area contributed by atoms with Crippen LogP contribution >= 0.6 is 12.6 Å². The van der Waals surface area contributed by atoms with Gasteiger partial charge in [-0.2, -0.15) is 0 Å². The van der Waals surface area contributed by atoms with E-state index < -0.39 is 5.37 Å². The molecule has 1 aromatic carbocycles. The Balaban J connectivity index is 1.89. The highest BCUT2D eigenvalue weighted by atomic mass is 32.1. The number of nitrogens with two attached hydrogens (primary N) is 1. The number of rotatable bonds is 3. The zero-order chi connectivity index (χ0) is 12.3. The van der Waals surface area contributed by atoms with E-state index in [1.165, 1.54) is 5.56 Å². The number of thiol groups is 1. The van der Waals surface area contributed by atoms with Crippen molar-refractivity contribution in [1.82, 2.24) is 4.90 Å². The Labute approximate surface area is 106 Å². The maximum atomic E-state index is 11.3. The van der Waals surface area contributed by atoms with Gasteiger partial charge in [0.25, 0.3) is 0 Å². The van der Waals surface area contributed by atoms with Crippen LogP contribution in [0.1, 0.15) is 5.56 Å². The average Bonchev–Trinajstić information content (AvgIpc) is 2.33. The molecule has 1 saturated heterocycles. The number of nitrogen functional groups attached to an aromatic ring is 1. The van der Waals surface area contributed by atoms with Crippen molar-refractivity contribution in [3.8, 4) is 0 Å². The normalized spacial score (nSPS) is 21.2. The largest absolute Gasteiger partial charge is 0.463 e. The van der Waals surface area contributed by atoms with Crippen molar-refractivity contribution in [2.75, 3.05) is 25.4 Å². The van der Waals surface area contributed by atoms with E-state index in [-0.39, 0.29) is 5.97 Å². The number of carbonyl (C=O) groups is 1. The summed E-state index contributed by atoms with van der Waals surface area (Å²) in [4.78, 5) is 13.3. The molecule has 1 aliphatic heterocycles. The highest BCUT2D eigenvalue weighted by molar-refractivity contribution is 7.81. The number of benzene rings is 1. The second kappa shape index (κ2) is 5.42. The Morgan fingerprint density at radius 1 is 1.41 bits per heavy atom. The van der Waals surface area contributed by atoms with Crippen LogP contribution in [0, 0.1) is 0 Å². The number of carbonyl (C=O) groups excluding carboxylic acids is 1. The Morgan fingerprint density at radius 3 is 2.82 bits per heavy atom. The van der Waals surface area contributed by atoms with Gasteiger partial charge in [-0.3, -0.25) is 4.90 Å². The quantitative estimate of drug-likeness (QED) is 0.477. The molecule has 1 fully saturated rings. The monoisotopic (exact) mass is 252 g/mol. The summed E-state index contributed by atoms with van der Waals surface area (Å²) in [7, 11) is 0.